The van der Waals surface area contributed by atoms with E-state index in [-0.39, 0.29) is 0 Å². The van der Waals surface area contributed by atoms with Crippen LogP contribution in [0.25, 0.3) is 0 Å². The third-order valence-corrected chi connectivity index (χ3v) is 5.09. The van der Waals surface area contributed by atoms with Crippen molar-refractivity contribution in [3.8, 4) is 0 Å². The van der Waals surface area contributed by atoms with E-state index < -0.39 is 0 Å². The first kappa shape index (κ1) is 12.7. The zero-order valence-corrected chi connectivity index (χ0v) is 12.8. The van der Waals surface area contributed by atoms with Gasteiger partial charge in [0.25, 0.3) is 0 Å². The number of hydrogen-bond donors (Lipinski definition) is 0. The van der Waals surface area contributed by atoms with E-state index in [1.165, 1.54) is 38.5 Å². The Balaban J connectivity index is 1.89. The molecule has 1 aromatic rings. The Labute approximate surface area is 122 Å². The fraction of sp³-hybridized carbons (Fsp3) is 0.643. The predicted octanol–water partition coefficient (Wildman–Crippen LogP) is 4.66. The average Bonchev–Trinajstić information content (AvgIpc) is 2.38. The summed E-state index contributed by atoms with van der Waals surface area (Å²) in [7, 11) is 0. The maximum atomic E-state index is 5.98. The molecular weight excluding hydrogens is 312 g/mol. The van der Waals surface area contributed by atoms with Gasteiger partial charge in [-0.15, -0.1) is 0 Å². The summed E-state index contributed by atoms with van der Waals surface area (Å²) in [6.45, 7) is 1.13. The van der Waals surface area contributed by atoms with E-state index >= 15 is 0 Å². The molecule has 0 bridgehead atoms. The molecule has 4 heteroatoms. The molecule has 1 aliphatic carbocycles. The summed E-state index contributed by atoms with van der Waals surface area (Å²) in [4.78, 5) is 7.05. The van der Waals surface area contributed by atoms with Gasteiger partial charge in [-0.3, -0.25) is 0 Å². The summed E-state index contributed by atoms with van der Waals surface area (Å²) in [5.41, 5.74) is 0. The second-order valence-corrected chi connectivity index (χ2v) is 6.70. The SMILES string of the molecule is Clc1cnc(N2CCCC3CCCCC32)c(Br)c1. The lowest BCUT2D eigenvalue weighted by molar-refractivity contribution is 0.242. The number of piperidine rings is 1. The van der Waals surface area contributed by atoms with Gasteiger partial charge >= 0.3 is 0 Å². The van der Waals surface area contributed by atoms with Gasteiger partial charge < -0.3 is 4.90 Å². The topological polar surface area (TPSA) is 16.1 Å². The molecule has 98 valence electrons. The van der Waals surface area contributed by atoms with E-state index in [1.807, 2.05) is 6.07 Å². The molecule has 0 radical (unpaired) electrons. The van der Waals surface area contributed by atoms with Gasteiger partial charge in [-0.1, -0.05) is 24.4 Å². The van der Waals surface area contributed by atoms with Crippen LogP contribution in [0.3, 0.4) is 0 Å². The number of hydrogen-bond acceptors (Lipinski definition) is 2. The number of rotatable bonds is 1. The van der Waals surface area contributed by atoms with Crippen LogP contribution in [0.5, 0.6) is 0 Å². The lowest BCUT2D eigenvalue weighted by Crippen LogP contribution is -2.47. The Morgan fingerprint density at radius 1 is 1.22 bits per heavy atom. The largest absolute Gasteiger partial charge is 0.352 e. The molecule has 3 rings (SSSR count). The summed E-state index contributed by atoms with van der Waals surface area (Å²) < 4.78 is 1.03. The molecule has 0 aromatic carbocycles. The summed E-state index contributed by atoms with van der Waals surface area (Å²) in [6, 6.07) is 2.65. The van der Waals surface area contributed by atoms with E-state index in [2.05, 4.69) is 25.8 Å². The summed E-state index contributed by atoms with van der Waals surface area (Å²) in [5, 5.41) is 0.697. The van der Waals surface area contributed by atoms with Crippen LogP contribution >= 0.6 is 27.5 Å². The van der Waals surface area contributed by atoms with Crippen LogP contribution in [0.4, 0.5) is 5.82 Å². The van der Waals surface area contributed by atoms with Crippen LogP contribution < -0.4 is 4.90 Å². The highest BCUT2D eigenvalue weighted by atomic mass is 79.9. The maximum absolute atomic E-state index is 5.98. The summed E-state index contributed by atoms with van der Waals surface area (Å²) in [5.74, 6) is 1.95. The molecule has 0 amide bonds. The average molecular weight is 330 g/mol. The minimum atomic E-state index is 0.692. The molecule has 1 aliphatic heterocycles. The lowest BCUT2D eigenvalue weighted by Gasteiger charge is -2.45. The Bertz CT molecular complexity index is 436. The van der Waals surface area contributed by atoms with Crippen LogP contribution in [0.15, 0.2) is 16.7 Å². The maximum Gasteiger partial charge on any atom is 0.143 e. The lowest BCUT2D eigenvalue weighted by atomic mass is 9.78. The normalized spacial score (nSPS) is 28.0. The van der Waals surface area contributed by atoms with E-state index in [9.17, 15) is 0 Å². The Morgan fingerprint density at radius 2 is 2.00 bits per heavy atom. The number of nitrogens with zero attached hydrogens (tertiary/aromatic N) is 2. The van der Waals surface area contributed by atoms with Gasteiger partial charge in [-0.25, -0.2) is 4.98 Å². The molecule has 2 heterocycles. The fourth-order valence-electron chi connectivity index (χ4n) is 3.51. The number of pyridine rings is 1. The molecule has 2 atom stereocenters. The van der Waals surface area contributed by atoms with Gasteiger partial charge in [-0.05, 0) is 53.6 Å². The minimum absolute atomic E-state index is 0.692. The summed E-state index contributed by atoms with van der Waals surface area (Å²) >= 11 is 9.59. The highest BCUT2D eigenvalue weighted by Crippen LogP contribution is 2.39. The Hall–Kier alpha value is -0.280. The van der Waals surface area contributed by atoms with Crippen LogP contribution in [0.2, 0.25) is 5.02 Å². The predicted molar refractivity (Wildman–Crippen MR) is 79.3 cm³/mol. The van der Waals surface area contributed by atoms with Crippen molar-refractivity contribution in [1.29, 1.82) is 0 Å². The van der Waals surface area contributed by atoms with E-state index in [1.54, 1.807) is 6.20 Å². The molecule has 2 unspecified atom stereocenters. The van der Waals surface area contributed by atoms with E-state index in [0.717, 1.165) is 22.8 Å². The van der Waals surface area contributed by atoms with E-state index in [4.69, 9.17) is 11.6 Å². The van der Waals surface area contributed by atoms with Crippen LogP contribution in [0.1, 0.15) is 38.5 Å². The molecule has 2 aliphatic rings. The van der Waals surface area contributed by atoms with Crippen LogP contribution in [-0.4, -0.2) is 17.6 Å². The number of fused-ring (bicyclic) bond motifs is 1. The van der Waals surface area contributed by atoms with Crippen molar-refractivity contribution in [2.75, 3.05) is 11.4 Å². The van der Waals surface area contributed by atoms with Gasteiger partial charge in [-0.2, -0.15) is 0 Å². The molecule has 0 spiro atoms. The van der Waals surface area contributed by atoms with Crippen molar-refractivity contribution < 1.29 is 0 Å². The van der Waals surface area contributed by atoms with E-state index in [0.29, 0.717) is 11.1 Å². The zero-order chi connectivity index (χ0) is 12.5. The van der Waals surface area contributed by atoms with Gasteiger partial charge in [0, 0.05) is 18.8 Å². The molecule has 0 N–H and O–H groups in total. The standard InChI is InChI=1S/C14H18BrClN2/c15-12-8-11(16)9-17-14(12)18-7-3-5-10-4-1-2-6-13(10)18/h8-10,13H,1-7H2. The van der Waals surface area contributed by atoms with Crippen molar-refractivity contribution in [2.45, 2.75) is 44.6 Å². The first-order valence-corrected chi connectivity index (χ1v) is 8.00. The zero-order valence-electron chi connectivity index (χ0n) is 10.4. The van der Waals surface area contributed by atoms with Gasteiger partial charge in [0.15, 0.2) is 0 Å². The molecule has 2 nitrogen and oxygen atoms in total. The highest BCUT2D eigenvalue weighted by Gasteiger charge is 2.34. The second-order valence-electron chi connectivity index (χ2n) is 5.41. The number of aromatic nitrogens is 1. The van der Waals surface area contributed by atoms with Crippen molar-refractivity contribution in [1.82, 2.24) is 4.98 Å². The Kier molecular flexibility index (Phi) is 3.81. The minimum Gasteiger partial charge on any atom is -0.352 e. The number of anilines is 1. The first-order valence-electron chi connectivity index (χ1n) is 6.83. The van der Waals surface area contributed by atoms with Gasteiger partial charge in [0.05, 0.1) is 9.50 Å². The van der Waals surface area contributed by atoms with Crippen molar-refractivity contribution >= 4 is 33.3 Å². The molecule has 1 saturated carbocycles. The van der Waals surface area contributed by atoms with Crippen molar-refractivity contribution in [3.63, 3.8) is 0 Å². The fourth-order valence-corrected chi connectivity index (χ4v) is 4.37. The van der Waals surface area contributed by atoms with Crippen LogP contribution in [-0.2, 0) is 0 Å². The molecule has 2 fully saturated rings. The highest BCUT2D eigenvalue weighted by molar-refractivity contribution is 9.10. The first-order chi connectivity index (χ1) is 8.75. The number of halogens is 2. The monoisotopic (exact) mass is 328 g/mol. The third-order valence-electron chi connectivity index (χ3n) is 4.30. The van der Waals surface area contributed by atoms with Gasteiger partial charge in [0.1, 0.15) is 5.82 Å². The second kappa shape index (κ2) is 5.38. The third kappa shape index (κ3) is 2.39. The van der Waals surface area contributed by atoms with Crippen LogP contribution in [0, 0.1) is 5.92 Å². The Morgan fingerprint density at radius 3 is 2.83 bits per heavy atom. The van der Waals surface area contributed by atoms with Crippen molar-refractivity contribution in [2.24, 2.45) is 5.92 Å². The smallest absolute Gasteiger partial charge is 0.143 e. The summed E-state index contributed by atoms with van der Waals surface area (Å²) in [6.07, 6.45) is 9.93. The molecular formula is C14H18BrClN2. The van der Waals surface area contributed by atoms with Gasteiger partial charge in [0.2, 0.25) is 0 Å². The molecule has 18 heavy (non-hydrogen) atoms. The quantitative estimate of drug-likeness (QED) is 0.745. The molecule has 1 saturated heterocycles. The molecule has 1 aromatic heterocycles. The van der Waals surface area contributed by atoms with Crippen molar-refractivity contribution in [3.05, 3.63) is 21.8 Å².